The van der Waals surface area contributed by atoms with Crippen molar-refractivity contribution in [1.82, 2.24) is 0 Å². The van der Waals surface area contributed by atoms with Crippen molar-refractivity contribution >= 4 is 11.5 Å². The molecule has 102 valence electrons. The standard InChI is InChI=1S/C17H23NO/c1-12-5-4-6-13(9-12)17(19)10-14-11-18-16-8-3-2-7-15(14)16/h2-3,7-8,12-14,18H,4-6,9-11H2,1H3. The number of anilines is 1. The van der Waals surface area contributed by atoms with Crippen molar-refractivity contribution in [2.75, 3.05) is 11.9 Å². The topological polar surface area (TPSA) is 29.1 Å². The Morgan fingerprint density at radius 3 is 3.00 bits per heavy atom. The second-order valence-corrected chi connectivity index (χ2v) is 6.30. The average molecular weight is 257 g/mol. The van der Waals surface area contributed by atoms with Gasteiger partial charge in [0, 0.05) is 30.5 Å². The van der Waals surface area contributed by atoms with Gasteiger partial charge < -0.3 is 5.32 Å². The monoisotopic (exact) mass is 257 g/mol. The lowest BCUT2D eigenvalue weighted by atomic mass is 9.78. The zero-order valence-corrected chi connectivity index (χ0v) is 11.7. The summed E-state index contributed by atoms with van der Waals surface area (Å²) in [4.78, 5) is 12.5. The summed E-state index contributed by atoms with van der Waals surface area (Å²) in [5.41, 5.74) is 2.55. The van der Waals surface area contributed by atoms with Crippen molar-refractivity contribution in [2.24, 2.45) is 11.8 Å². The lowest BCUT2D eigenvalue weighted by molar-refractivity contribution is -0.124. The highest BCUT2D eigenvalue weighted by Crippen LogP contribution is 2.36. The normalized spacial score (nSPS) is 29.6. The Kier molecular flexibility index (Phi) is 3.58. The predicted octanol–water partition coefficient (Wildman–Crippen LogP) is 3.98. The van der Waals surface area contributed by atoms with Gasteiger partial charge in [0.05, 0.1) is 0 Å². The maximum Gasteiger partial charge on any atom is 0.136 e. The van der Waals surface area contributed by atoms with Gasteiger partial charge in [-0.05, 0) is 30.4 Å². The van der Waals surface area contributed by atoms with Crippen LogP contribution in [0.25, 0.3) is 0 Å². The second-order valence-electron chi connectivity index (χ2n) is 6.30. The summed E-state index contributed by atoms with van der Waals surface area (Å²) >= 11 is 0. The lowest BCUT2D eigenvalue weighted by Gasteiger charge is -2.26. The van der Waals surface area contributed by atoms with Crippen molar-refractivity contribution in [3.63, 3.8) is 0 Å². The van der Waals surface area contributed by atoms with Crippen LogP contribution in [0, 0.1) is 11.8 Å². The largest absolute Gasteiger partial charge is 0.384 e. The number of Topliss-reactive ketones (excluding diaryl/α,β-unsaturated/α-hetero) is 1. The van der Waals surface area contributed by atoms with Crippen molar-refractivity contribution in [2.45, 2.75) is 44.9 Å². The molecule has 0 bridgehead atoms. The van der Waals surface area contributed by atoms with Crippen molar-refractivity contribution in [1.29, 1.82) is 0 Å². The van der Waals surface area contributed by atoms with E-state index < -0.39 is 0 Å². The molecule has 1 saturated carbocycles. The van der Waals surface area contributed by atoms with Crippen LogP contribution < -0.4 is 5.32 Å². The molecule has 3 atom stereocenters. The molecule has 19 heavy (non-hydrogen) atoms. The Morgan fingerprint density at radius 2 is 2.16 bits per heavy atom. The summed E-state index contributed by atoms with van der Waals surface area (Å²) in [5, 5.41) is 3.42. The number of nitrogens with one attached hydrogen (secondary N) is 1. The van der Waals surface area contributed by atoms with Gasteiger partial charge >= 0.3 is 0 Å². The van der Waals surface area contributed by atoms with Gasteiger partial charge in [-0.1, -0.05) is 38.0 Å². The minimum atomic E-state index is 0.330. The molecule has 0 amide bonds. The van der Waals surface area contributed by atoms with Gasteiger partial charge in [-0.3, -0.25) is 4.79 Å². The molecule has 1 aliphatic heterocycles. The van der Waals surface area contributed by atoms with Crippen molar-refractivity contribution in [3.8, 4) is 0 Å². The predicted molar refractivity (Wildman–Crippen MR) is 78.4 cm³/mol. The van der Waals surface area contributed by atoms with Gasteiger partial charge in [-0.15, -0.1) is 0 Å². The Morgan fingerprint density at radius 1 is 1.32 bits per heavy atom. The van der Waals surface area contributed by atoms with Crippen LogP contribution in [-0.4, -0.2) is 12.3 Å². The molecule has 3 unspecified atom stereocenters. The van der Waals surface area contributed by atoms with Crippen LogP contribution in [0.15, 0.2) is 24.3 Å². The Hall–Kier alpha value is -1.31. The molecule has 2 aliphatic rings. The second kappa shape index (κ2) is 5.36. The Balaban J connectivity index is 1.64. The molecule has 2 nitrogen and oxygen atoms in total. The number of ketones is 1. The molecule has 2 heteroatoms. The van der Waals surface area contributed by atoms with E-state index in [0.29, 0.717) is 17.6 Å². The summed E-state index contributed by atoms with van der Waals surface area (Å²) in [6, 6.07) is 8.41. The molecular formula is C17H23NO. The first kappa shape index (κ1) is 12.7. The quantitative estimate of drug-likeness (QED) is 0.887. The fraction of sp³-hybridized carbons (Fsp3) is 0.588. The fourth-order valence-corrected chi connectivity index (χ4v) is 3.68. The van der Waals surface area contributed by atoms with Crippen LogP contribution in [0.2, 0.25) is 0 Å². The maximum absolute atomic E-state index is 12.5. The van der Waals surface area contributed by atoms with Crippen LogP contribution in [-0.2, 0) is 4.79 Å². The first-order chi connectivity index (χ1) is 9.24. The molecule has 1 fully saturated rings. The third-order valence-electron chi connectivity index (χ3n) is 4.78. The van der Waals surface area contributed by atoms with Crippen LogP contribution in [0.1, 0.15) is 50.5 Å². The van der Waals surface area contributed by atoms with Gasteiger partial charge in [-0.2, -0.15) is 0 Å². The van der Waals surface area contributed by atoms with E-state index in [1.165, 1.54) is 24.1 Å². The third kappa shape index (κ3) is 2.68. The van der Waals surface area contributed by atoms with E-state index in [9.17, 15) is 4.79 Å². The fourth-order valence-electron chi connectivity index (χ4n) is 3.68. The highest BCUT2D eigenvalue weighted by molar-refractivity contribution is 5.82. The van der Waals surface area contributed by atoms with E-state index in [1.807, 2.05) is 0 Å². The number of benzene rings is 1. The third-order valence-corrected chi connectivity index (χ3v) is 4.78. The number of hydrogen-bond donors (Lipinski definition) is 1. The molecule has 1 heterocycles. The summed E-state index contributed by atoms with van der Waals surface area (Å²) in [7, 11) is 0. The molecule has 3 rings (SSSR count). The minimum absolute atomic E-state index is 0.330. The first-order valence-electron chi connectivity index (χ1n) is 7.59. The van der Waals surface area contributed by atoms with E-state index in [4.69, 9.17) is 0 Å². The summed E-state index contributed by atoms with van der Waals surface area (Å²) in [6.45, 7) is 3.21. The average Bonchev–Trinajstić information content (AvgIpc) is 2.82. The Labute approximate surface area is 115 Å². The molecule has 1 aromatic carbocycles. The van der Waals surface area contributed by atoms with Crippen molar-refractivity contribution < 1.29 is 4.79 Å². The molecular weight excluding hydrogens is 234 g/mol. The lowest BCUT2D eigenvalue weighted by Crippen LogP contribution is -2.23. The number of carbonyl (C=O) groups is 1. The van der Waals surface area contributed by atoms with E-state index in [1.54, 1.807) is 0 Å². The molecule has 0 radical (unpaired) electrons. The molecule has 0 spiro atoms. The minimum Gasteiger partial charge on any atom is -0.384 e. The van der Waals surface area contributed by atoms with Gasteiger partial charge in [0.15, 0.2) is 0 Å². The van der Waals surface area contributed by atoms with E-state index >= 15 is 0 Å². The van der Waals surface area contributed by atoms with E-state index in [2.05, 4.69) is 36.5 Å². The van der Waals surface area contributed by atoms with Gasteiger partial charge in [0.25, 0.3) is 0 Å². The molecule has 0 saturated heterocycles. The zero-order valence-electron chi connectivity index (χ0n) is 11.7. The molecule has 1 aliphatic carbocycles. The van der Waals surface area contributed by atoms with E-state index in [0.717, 1.165) is 31.7 Å². The SMILES string of the molecule is CC1CCCC(C(=O)CC2CNc3ccccc32)C1. The number of rotatable bonds is 3. The highest BCUT2D eigenvalue weighted by Gasteiger charge is 2.29. The van der Waals surface area contributed by atoms with Gasteiger partial charge in [0.2, 0.25) is 0 Å². The van der Waals surface area contributed by atoms with Crippen LogP contribution in [0.5, 0.6) is 0 Å². The molecule has 0 aromatic heterocycles. The first-order valence-corrected chi connectivity index (χ1v) is 7.59. The van der Waals surface area contributed by atoms with Gasteiger partial charge in [-0.25, -0.2) is 0 Å². The van der Waals surface area contributed by atoms with Crippen LogP contribution >= 0.6 is 0 Å². The van der Waals surface area contributed by atoms with Crippen molar-refractivity contribution in [3.05, 3.63) is 29.8 Å². The van der Waals surface area contributed by atoms with Gasteiger partial charge in [0.1, 0.15) is 5.78 Å². The summed E-state index contributed by atoms with van der Waals surface area (Å²) < 4.78 is 0. The number of carbonyl (C=O) groups excluding carboxylic acids is 1. The zero-order chi connectivity index (χ0) is 13.2. The number of fused-ring (bicyclic) bond motifs is 1. The van der Waals surface area contributed by atoms with Crippen LogP contribution in [0.3, 0.4) is 0 Å². The summed E-state index contributed by atoms with van der Waals surface area (Å²) in [5.74, 6) is 1.95. The molecule has 1 N–H and O–H groups in total. The van der Waals surface area contributed by atoms with E-state index in [-0.39, 0.29) is 0 Å². The summed E-state index contributed by atoms with van der Waals surface area (Å²) in [6.07, 6.45) is 5.49. The van der Waals surface area contributed by atoms with Crippen LogP contribution in [0.4, 0.5) is 5.69 Å². The highest BCUT2D eigenvalue weighted by atomic mass is 16.1. The maximum atomic E-state index is 12.5. The smallest absolute Gasteiger partial charge is 0.136 e. The number of para-hydroxylation sites is 1. The Bertz CT molecular complexity index is 468. The number of hydrogen-bond acceptors (Lipinski definition) is 2. The molecule has 1 aromatic rings.